The van der Waals surface area contributed by atoms with Crippen molar-refractivity contribution in [3.05, 3.63) is 76.9 Å². The van der Waals surface area contributed by atoms with Crippen LogP contribution in [-0.4, -0.2) is 46.3 Å². The fourth-order valence-corrected chi connectivity index (χ4v) is 4.41. The van der Waals surface area contributed by atoms with Gasteiger partial charge in [0.2, 0.25) is 11.9 Å². The second kappa shape index (κ2) is 11.2. The maximum absolute atomic E-state index is 12.8. The molecule has 0 bridgehead atoms. The first-order valence-corrected chi connectivity index (χ1v) is 12.0. The quantitative estimate of drug-likeness (QED) is 0.411. The minimum absolute atomic E-state index is 0.0396. The van der Waals surface area contributed by atoms with Crippen LogP contribution in [0.25, 0.3) is 0 Å². The fourth-order valence-electron chi connectivity index (χ4n) is 4.27. The predicted octanol–water partition coefficient (Wildman–Crippen LogP) is 4.25. The highest BCUT2D eigenvalue weighted by Crippen LogP contribution is 2.30. The Hall–Kier alpha value is -3.65. The molecule has 0 unspecified atom stereocenters. The number of hydrogen-bond donors (Lipinski definition) is 3. The molecule has 2 amide bonds. The fraction of sp³-hybridized carbons (Fsp3) is 0.308. The van der Waals surface area contributed by atoms with E-state index in [0.29, 0.717) is 28.9 Å². The Kier molecular flexibility index (Phi) is 7.82. The number of halogens is 1. The molecule has 0 radical (unpaired) electrons. The van der Waals surface area contributed by atoms with E-state index in [1.54, 1.807) is 24.1 Å². The summed E-state index contributed by atoms with van der Waals surface area (Å²) in [6.07, 6.45) is 4.81. The zero-order chi connectivity index (χ0) is 24.8. The number of amides is 2. The summed E-state index contributed by atoms with van der Waals surface area (Å²) in [6.45, 7) is 0.634. The van der Waals surface area contributed by atoms with Gasteiger partial charge in [-0.2, -0.15) is 4.98 Å². The Morgan fingerprint density at radius 3 is 2.57 bits per heavy atom. The molecule has 4 N–H and O–H groups in total. The largest absolute Gasteiger partial charge is 0.369 e. The molecule has 0 aliphatic heterocycles. The van der Waals surface area contributed by atoms with E-state index in [0.717, 1.165) is 31.4 Å². The normalized spacial score (nSPS) is 17.1. The molecular formula is C26H29ClN6O2. The highest BCUT2D eigenvalue weighted by molar-refractivity contribution is 6.32. The molecule has 2 atom stereocenters. The van der Waals surface area contributed by atoms with Gasteiger partial charge in [-0.05, 0) is 49.1 Å². The average Bonchev–Trinajstić information content (AvgIpc) is 3.34. The van der Waals surface area contributed by atoms with Crippen molar-refractivity contribution in [2.45, 2.75) is 31.7 Å². The van der Waals surface area contributed by atoms with Crippen LogP contribution in [0.5, 0.6) is 0 Å². The molecule has 4 rings (SSSR count). The topological polar surface area (TPSA) is 113 Å². The van der Waals surface area contributed by atoms with Gasteiger partial charge in [0.25, 0.3) is 5.91 Å². The van der Waals surface area contributed by atoms with Crippen molar-refractivity contribution in [3.63, 3.8) is 0 Å². The van der Waals surface area contributed by atoms with Gasteiger partial charge >= 0.3 is 0 Å². The predicted molar refractivity (Wildman–Crippen MR) is 138 cm³/mol. The van der Waals surface area contributed by atoms with Gasteiger partial charge in [0.1, 0.15) is 5.02 Å². The number of nitrogens with two attached hydrogens (primary N) is 1. The first kappa shape index (κ1) is 24.5. The Labute approximate surface area is 209 Å². The van der Waals surface area contributed by atoms with Crippen LogP contribution in [0.2, 0.25) is 5.02 Å². The van der Waals surface area contributed by atoms with Crippen LogP contribution in [-0.2, 0) is 11.2 Å². The highest BCUT2D eigenvalue weighted by atomic mass is 35.5. The Morgan fingerprint density at radius 2 is 1.86 bits per heavy atom. The Balaban J connectivity index is 1.37. The molecule has 35 heavy (non-hydrogen) atoms. The molecule has 0 saturated heterocycles. The minimum atomic E-state index is -0.316. The maximum atomic E-state index is 12.8. The van der Waals surface area contributed by atoms with Gasteiger partial charge in [-0.3, -0.25) is 9.59 Å². The molecule has 8 nitrogen and oxygen atoms in total. The second-order valence-corrected chi connectivity index (χ2v) is 9.15. The summed E-state index contributed by atoms with van der Waals surface area (Å²) >= 11 is 6.28. The van der Waals surface area contributed by atoms with Gasteiger partial charge in [-0.25, -0.2) is 4.98 Å². The highest BCUT2D eigenvalue weighted by Gasteiger charge is 2.32. The molecule has 1 fully saturated rings. The maximum Gasteiger partial charge on any atom is 0.253 e. The summed E-state index contributed by atoms with van der Waals surface area (Å²) in [5, 5.41) is 6.75. The standard InChI is InChI=1S/C26H29ClN6O2/c1-33(15-14-17-6-3-2-4-7-17)25(35)18-10-12-19(13-11-18)30-26-29-16-21(27)24(32-26)31-22-9-5-8-20(22)23(28)34/h2-4,6-7,10-13,16,20,22H,5,8-9,14-15H2,1H3,(H2,28,34)(H2,29,30,31,32)/t20-,22+/m0/s1. The van der Waals surface area contributed by atoms with E-state index >= 15 is 0 Å². The SMILES string of the molecule is CN(CCc1ccccc1)C(=O)c1ccc(Nc2ncc(Cl)c(N[C@@H]3CCC[C@@H]3C(N)=O)n2)cc1. The van der Waals surface area contributed by atoms with Crippen molar-refractivity contribution < 1.29 is 9.59 Å². The van der Waals surface area contributed by atoms with E-state index in [1.807, 2.05) is 30.3 Å². The van der Waals surface area contributed by atoms with Gasteiger partial charge in [0.15, 0.2) is 5.82 Å². The van der Waals surface area contributed by atoms with E-state index in [9.17, 15) is 9.59 Å². The average molecular weight is 493 g/mol. The van der Waals surface area contributed by atoms with Gasteiger partial charge in [0.05, 0.1) is 12.1 Å². The van der Waals surface area contributed by atoms with E-state index in [2.05, 4.69) is 32.7 Å². The van der Waals surface area contributed by atoms with Crippen LogP contribution < -0.4 is 16.4 Å². The summed E-state index contributed by atoms with van der Waals surface area (Å²) in [4.78, 5) is 34.9. The summed E-state index contributed by atoms with van der Waals surface area (Å²) in [6, 6.07) is 17.2. The van der Waals surface area contributed by atoms with Crippen LogP contribution in [0.1, 0.15) is 35.2 Å². The van der Waals surface area contributed by atoms with Crippen molar-refractivity contribution in [2.24, 2.45) is 11.7 Å². The van der Waals surface area contributed by atoms with Crippen LogP contribution in [0.3, 0.4) is 0 Å². The van der Waals surface area contributed by atoms with Gasteiger partial charge in [0, 0.05) is 30.9 Å². The molecule has 2 aromatic carbocycles. The van der Waals surface area contributed by atoms with Crippen LogP contribution >= 0.6 is 11.6 Å². The van der Waals surface area contributed by atoms with E-state index in [4.69, 9.17) is 17.3 Å². The number of likely N-dealkylation sites (N-methyl/N-ethyl adjacent to an activating group) is 1. The van der Waals surface area contributed by atoms with Crippen molar-refractivity contribution in [1.82, 2.24) is 14.9 Å². The number of rotatable bonds is 9. The van der Waals surface area contributed by atoms with Crippen LogP contribution in [0.4, 0.5) is 17.5 Å². The smallest absolute Gasteiger partial charge is 0.253 e. The summed E-state index contributed by atoms with van der Waals surface area (Å²) in [7, 11) is 1.81. The number of hydrogen-bond acceptors (Lipinski definition) is 6. The molecule has 1 aliphatic carbocycles. The lowest BCUT2D eigenvalue weighted by Gasteiger charge is -2.20. The lowest BCUT2D eigenvalue weighted by atomic mass is 10.0. The number of primary amides is 1. The summed E-state index contributed by atoms with van der Waals surface area (Å²) in [5.74, 6) is 0.207. The number of nitrogens with zero attached hydrogens (tertiary/aromatic N) is 3. The van der Waals surface area contributed by atoms with E-state index in [-0.39, 0.29) is 23.8 Å². The lowest BCUT2D eigenvalue weighted by molar-refractivity contribution is -0.121. The number of anilines is 3. The number of nitrogens with one attached hydrogen (secondary N) is 2. The van der Waals surface area contributed by atoms with E-state index < -0.39 is 0 Å². The number of carbonyl (C=O) groups excluding carboxylic acids is 2. The summed E-state index contributed by atoms with van der Waals surface area (Å²) in [5.41, 5.74) is 8.05. The zero-order valence-corrected chi connectivity index (χ0v) is 20.3. The third kappa shape index (κ3) is 6.27. The Bertz CT molecular complexity index is 1170. The molecule has 9 heteroatoms. The number of carbonyl (C=O) groups is 2. The zero-order valence-electron chi connectivity index (χ0n) is 19.6. The van der Waals surface area contributed by atoms with Gasteiger partial charge < -0.3 is 21.3 Å². The molecule has 1 aromatic heterocycles. The summed E-state index contributed by atoms with van der Waals surface area (Å²) < 4.78 is 0. The molecular weight excluding hydrogens is 464 g/mol. The second-order valence-electron chi connectivity index (χ2n) is 8.75. The first-order valence-electron chi connectivity index (χ1n) is 11.7. The van der Waals surface area contributed by atoms with Crippen molar-refractivity contribution in [3.8, 4) is 0 Å². The monoisotopic (exact) mass is 492 g/mol. The minimum Gasteiger partial charge on any atom is -0.369 e. The van der Waals surface area contributed by atoms with Crippen molar-refractivity contribution in [2.75, 3.05) is 24.2 Å². The molecule has 1 saturated carbocycles. The van der Waals surface area contributed by atoms with Crippen molar-refractivity contribution >= 4 is 40.9 Å². The molecule has 3 aromatic rings. The molecule has 182 valence electrons. The molecule has 1 aliphatic rings. The first-order chi connectivity index (χ1) is 16.9. The van der Waals surface area contributed by atoms with Crippen molar-refractivity contribution in [1.29, 1.82) is 0 Å². The molecule has 0 spiro atoms. The van der Waals surface area contributed by atoms with Gasteiger partial charge in [-0.1, -0.05) is 48.4 Å². The van der Waals surface area contributed by atoms with E-state index in [1.165, 1.54) is 11.8 Å². The lowest BCUT2D eigenvalue weighted by Crippen LogP contribution is -2.34. The Morgan fingerprint density at radius 1 is 1.11 bits per heavy atom. The third-order valence-electron chi connectivity index (χ3n) is 6.26. The number of benzene rings is 2. The van der Waals surface area contributed by atoms with Gasteiger partial charge in [-0.15, -0.1) is 0 Å². The molecule has 1 heterocycles. The number of aromatic nitrogens is 2. The van der Waals surface area contributed by atoms with Crippen LogP contribution in [0.15, 0.2) is 60.8 Å². The third-order valence-corrected chi connectivity index (χ3v) is 6.54. The van der Waals surface area contributed by atoms with Crippen LogP contribution in [0, 0.1) is 5.92 Å².